The summed E-state index contributed by atoms with van der Waals surface area (Å²) in [6.45, 7) is 3.21. The number of esters is 1. The number of hydrogen-bond donors (Lipinski definition) is 1. The van der Waals surface area contributed by atoms with Gasteiger partial charge in [0.1, 0.15) is 11.9 Å². The normalized spacial score (nSPS) is 15.9. The molecule has 1 heterocycles. The molecule has 4 aromatic rings. The molecule has 0 saturated heterocycles. The predicted molar refractivity (Wildman–Crippen MR) is 146 cm³/mol. The highest BCUT2D eigenvalue weighted by Crippen LogP contribution is 2.41. The van der Waals surface area contributed by atoms with Gasteiger partial charge in [-0.25, -0.2) is 4.79 Å². The van der Waals surface area contributed by atoms with Gasteiger partial charge in [0.05, 0.1) is 30.5 Å². The quantitative estimate of drug-likeness (QED) is 0.253. The standard InChI is InChI=1S/C31H29F3N2O3/c1-20(24-11-7-9-21-8-3-4-10-25(21)24)35-17-16-23-19-36(28-12-5-6-13-29(28)39-23)22-14-15-27(31(32,33)34)26(18-22)30(37)38-2/h3-15,18,20,23,35H,16-17,19H2,1-2H3/t20-,23?/m1/s1. The summed E-state index contributed by atoms with van der Waals surface area (Å²) < 4.78 is 51.7. The summed E-state index contributed by atoms with van der Waals surface area (Å²) in [7, 11) is 1.07. The first-order chi connectivity index (χ1) is 18.8. The van der Waals surface area contributed by atoms with Crippen LogP contribution in [0.1, 0.15) is 40.9 Å². The minimum atomic E-state index is -4.68. The summed E-state index contributed by atoms with van der Waals surface area (Å²) >= 11 is 0. The van der Waals surface area contributed by atoms with Crippen molar-refractivity contribution in [1.82, 2.24) is 5.32 Å². The minimum Gasteiger partial charge on any atom is -0.486 e. The van der Waals surface area contributed by atoms with Crippen LogP contribution in [0.3, 0.4) is 0 Å². The Morgan fingerprint density at radius 1 is 1.05 bits per heavy atom. The van der Waals surface area contributed by atoms with E-state index in [9.17, 15) is 18.0 Å². The minimum absolute atomic E-state index is 0.112. The third kappa shape index (κ3) is 5.56. The van der Waals surface area contributed by atoms with Gasteiger partial charge in [-0.3, -0.25) is 0 Å². The Hall–Kier alpha value is -4.04. The molecule has 0 bridgehead atoms. The number of alkyl halides is 3. The number of benzene rings is 4. The number of nitrogens with zero attached hydrogens (tertiary/aromatic N) is 1. The Morgan fingerprint density at radius 3 is 2.59 bits per heavy atom. The highest BCUT2D eigenvalue weighted by molar-refractivity contribution is 5.93. The van der Waals surface area contributed by atoms with Crippen LogP contribution in [0.2, 0.25) is 0 Å². The van der Waals surface area contributed by atoms with Crippen molar-refractivity contribution in [3.05, 3.63) is 102 Å². The lowest BCUT2D eigenvalue weighted by Crippen LogP contribution is -2.39. The van der Waals surface area contributed by atoms with Crippen molar-refractivity contribution in [2.75, 3.05) is 25.1 Å². The molecule has 0 spiro atoms. The Kier molecular flexibility index (Phi) is 7.48. The second kappa shape index (κ2) is 11.0. The van der Waals surface area contributed by atoms with Gasteiger partial charge < -0.3 is 19.7 Å². The van der Waals surface area contributed by atoms with Gasteiger partial charge in [0.2, 0.25) is 0 Å². The van der Waals surface area contributed by atoms with Crippen LogP contribution in [0.25, 0.3) is 10.8 Å². The molecule has 1 aliphatic heterocycles. The summed E-state index contributed by atoms with van der Waals surface area (Å²) in [5.41, 5.74) is 0.851. The molecule has 1 aliphatic rings. The molecule has 39 heavy (non-hydrogen) atoms. The average Bonchev–Trinajstić information content (AvgIpc) is 2.95. The van der Waals surface area contributed by atoms with Gasteiger partial charge in [0.25, 0.3) is 0 Å². The van der Waals surface area contributed by atoms with E-state index in [0.29, 0.717) is 30.9 Å². The molecule has 0 aromatic heterocycles. The van der Waals surface area contributed by atoms with E-state index in [2.05, 4.69) is 47.3 Å². The maximum absolute atomic E-state index is 13.6. The number of halogens is 3. The number of carbonyl (C=O) groups excluding carboxylic acids is 1. The Morgan fingerprint density at radius 2 is 1.79 bits per heavy atom. The van der Waals surface area contributed by atoms with E-state index in [1.54, 1.807) is 0 Å². The molecular weight excluding hydrogens is 505 g/mol. The van der Waals surface area contributed by atoms with Gasteiger partial charge in [-0.05, 0) is 66.6 Å². The van der Waals surface area contributed by atoms with Crippen LogP contribution in [-0.4, -0.2) is 32.3 Å². The van der Waals surface area contributed by atoms with E-state index in [4.69, 9.17) is 4.74 Å². The topological polar surface area (TPSA) is 50.8 Å². The van der Waals surface area contributed by atoms with E-state index < -0.39 is 23.3 Å². The van der Waals surface area contributed by atoms with Crippen LogP contribution >= 0.6 is 0 Å². The number of ether oxygens (including phenoxy) is 2. The SMILES string of the molecule is COC(=O)c1cc(N2CC(CCN[C@H](C)c3cccc4ccccc34)Oc3ccccc32)ccc1C(F)(F)F. The number of carbonyl (C=O) groups is 1. The van der Waals surface area contributed by atoms with Crippen LogP contribution in [0.15, 0.2) is 84.9 Å². The Balaban J connectivity index is 1.35. The van der Waals surface area contributed by atoms with Crippen LogP contribution in [0, 0.1) is 0 Å². The average molecular weight is 535 g/mol. The zero-order valence-corrected chi connectivity index (χ0v) is 21.7. The van der Waals surface area contributed by atoms with Crippen molar-refractivity contribution < 1.29 is 27.4 Å². The lowest BCUT2D eigenvalue weighted by molar-refractivity contribution is -0.138. The van der Waals surface area contributed by atoms with Gasteiger partial charge in [-0.2, -0.15) is 13.2 Å². The van der Waals surface area contributed by atoms with Crippen LogP contribution < -0.4 is 15.0 Å². The largest absolute Gasteiger partial charge is 0.486 e. The fraction of sp³-hybridized carbons (Fsp3) is 0.258. The second-order valence-corrected chi connectivity index (χ2v) is 9.57. The van der Waals surface area contributed by atoms with Crippen molar-refractivity contribution in [2.45, 2.75) is 31.7 Å². The van der Waals surface area contributed by atoms with Gasteiger partial charge in [0.15, 0.2) is 0 Å². The molecule has 1 N–H and O–H groups in total. The van der Waals surface area contributed by atoms with Crippen LogP contribution in [0.5, 0.6) is 5.75 Å². The number of para-hydroxylation sites is 2. The van der Waals surface area contributed by atoms with Crippen LogP contribution in [0.4, 0.5) is 24.5 Å². The van der Waals surface area contributed by atoms with Gasteiger partial charge in [-0.15, -0.1) is 0 Å². The molecule has 0 amide bonds. The lowest BCUT2D eigenvalue weighted by Gasteiger charge is -2.37. The Labute approximate surface area is 225 Å². The molecule has 0 saturated carbocycles. The fourth-order valence-corrected chi connectivity index (χ4v) is 5.12. The first-order valence-corrected chi connectivity index (χ1v) is 12.8. The summed E-state index contributed by atoms with van der Waals surface area (Å²) in [5, 5.41) is 5.98. The third-order valence-electron chi connectivity index (χ3n) is 7.07. The third-order valence-corrected chi connectivity index (χ3v) is 7.07. The zero-order chi connectivity index (χ0) is 27.6. The Bertz CT molecular complexity index is 1480. The monoisotopic (exact) mass is 534 g/mol. The van der Waals surface area contributed by atoms with E-state index in [-0.39, 0.29) is 12.1 Å². The molecule has 0 aliphatic carbocycles. The smallest absolute Gasteiger partial charge is 0.417 e. The van der Waals surface area contributed by atoms with Gasteiger partial charge in [-0.1, -0.05) is 54.6 Å². The first-order valence-electron chi connectivity index (χ1n) is 12.8. The highest BCUT2D eigenvalue weighted by atomic mass is 19.4. The molecule has 0 fully saturated rings. The number of anilines is 2. The molecule has 5 nitrogen and oxygen atoms in total. The van der Waals surface area contributed by atoms with Crippen molar-refractivity contribution in [3.8, 4) is 5.75 Å². The summed E-state index contributed by atoms with van der Waals surface area (Å²) in [6, 6.07) is 25.6. The molecule has 202 valence electrons. The number of nitrogens with one attached hydrogen (secondary N) is 1. The number of fused-ring (bicyclic) bond motifs is 2. The maximum atomic E-state index is 13.6. The van der Waals surface area contributed by atoms with Crippen LogP contribution in [-0.2, 0) is 10.9 Å². The molecule has 0 radical (unpaired) electrons. The summed E-state index contributed by atoms with van der Waals surface area (Å²) in [5.74, 6) is -0.399. The van der Waals surface area contributed by atoms with E-state index >= 15 is 0 Å². The summed E-state index contributed by atoms with van der Waals surface area (Å²) in [4.78, 5) is 14.1. The molecule has 8 heteroatoms. The van der Waals surface area contributed by atoms with Gasteiger partial charge >= 0.3 is 12.1 Å². The van der Waals surface area contributed by atoms with Gasteiger partial charge in [0, 0.05) is 11.7 Å². The van der Waals surface area contributed by atoms with Crippen molar-refractivity contribution in [3.63, 3.8) is 0 Å². The molecule has 5 rings (SSSR count). The van der Waals surface area contributed by atoms with Crippen molar-refractivity contribution >= 4 is 28.1 Å². The second-order valence-electron chi connectivity index (χ2n) is 9.57. The van der Waals surface area contributed by atoms with E-state index in [1.807, 2.05) is 41.3 Å². The van der Waals surface area contributed by atoms with Crippen molar-refractivity contribution in [1.29, 1.82) is 0 Å². The van der Waals surface area contributed by atoms with E-state index in [0.717, 1.165) is 18.9 Å². The number of rotatable bonds is 7. The summed E-state index contributed by atoms with van der Waals surface area (Å²) in [6.07, 6.45) is -4.24. The highest BCUT2D eigenvalue weighted by Gasteiger charge is 2.36. The van der Waals surface area contributed by atoms with Crippen molar-refractivity contribution in [2.24, 2.45) is 0 Å². The predicted octanol–water partition coefficient (Wildman–Crippen LogP) is 7.29. The first kappa shape index (κ1) is 26.6. The fourth-order valence-electron chi connectivity index (χ4n) is 5.12. The number of methoxy groups -OCH3 is 1. The maximum Gasteiger partial charge on any atom is 0.417 e. The molecule has 2 atom stereocenters. The molecule has 4 aromatic carbocycles. The molecular formula is C31H29F3N2O3. The number of hydrogen-bond acceptors (Lipinski definition) is 5. The zero-order valence-electron chi connectivity index (χ0n) is 21.7. The molecule has 1 unspecified atom stereocenters. The van der Waals surface area contributed by atoms with E-state index in [1.165, 1.54) is 28.5 Å². The lowest BCUT2D eigenvalue weighted by atomic mass is 9.99.